The lowest BCUT2D eigenvalue weighted by Gasteiger charge is -2.36. The Balaban J connectivity index is 2.01. The Kier molecular flexibility index (Phi) is 3.79. The van der Waals surface area contributed by atoms with Crippen molar-refractivity contribution < 1.29 is 5.11 Å². The zero-order chi connectivity index (χ0) is 18.1. The van der Waals surface area contributed by atoms with Crippen LogP contribution in [-0.4, -0.2) is 10.1 Å². The number of fused-ring (bicyclic) bond motifs is 1. The lowest BCUT2D eigenvalue weighted by Crippen LogP contribution is -2.31. The van der Waals surface area contributed by atoms with Crippen molar-refractivity contribution >= 4 is 11.4 Å². The summed E-state index contributed by atoms with van der Waals surface area (Å²) in [5.41, 5.74) is 10.3. The number of rotatable bonds is 2. The molecule has 3 N–H and O–H groups in total. The molecular weight excluding hydrogens is 324 g/mol. The molecule has 1 unspecified atom stereocenters. The highest BCUT2D eigenvalue weighted by atomic mass is 16.3. The number of allylic oxidation sites excluding steroid dienone is 1. The zero-order valence-corrected chi connectivity index (χ0v) is 13.9. The average molecular weight is 340 g/mol. The van der Waals surface area contributed by atoms with Crippen molar-refractivity contribution in [1.29, 1.82) is 5.26 Å². The lowest BCUT2D eigenvalue weighted by molar-refractivity contribution is 0.475. The van der Waals surface area contributed by atoms with E-state index in [1.807, 2.05) is 53.4 Å². The average Bonchev–Trinajstić information content (AvgIpc) is 2.68. The Hall–Kier alpha value is -3.78. The summed E-state index contributed by atoms with van der Waals surface area (Å²) in [6.07, 6.45) is 3.40. The zero-order valence-electron chi connectivity index (χ0n) is 13.9. The van der Waals surface area contributed by atoms with Crippen LogP contribution in [0.4, 0.5) is 11.4 Å². The van der Waals surface area contributed by atoms with Gasteiger partial charge >= 0.3 is 0 Å². The Morgan fingerprint density at radius 1 is 1.04 bits per heavy atom. The first-order valence-electron chi connectivity index (χ1n) is 8.18. The summed E-state index contributed by atoms with van der Waals surface area (Å²) in [7, 11) is 0. The van der Waals surface area contributed by atoms with Gasteiger partial charge in [-0.2, -0.15) is 5.26 Å². The maximum absolute atomic E-state index is 10.1. The van der Waals surface area contributed by atoms with E-state index < -0.39 is 0 Å². The number of aromatic hydroxyl groups is 1. The molecule has 1 aliphatic heterocycles. The Morgan fingerprint density at radius 3 is 2.46 bits per heavy atom. The fourth-order valence-corrected chi connectivity index (χ4v) is 3.40. The predicted molar refractivity (Wildman–Crippen MR) is 99.6 cm³/mol. The summed E-state index contributed by atoms with van der Waals surface area (Å²) in [6.45, 7) is 0. The van der Waals surface area contributed by atoms with Gasteiger partial charge in [0.25, 0.3) is 0 Å². The van der Waals surface area contributed by atoms with Crippen molar-refractivity contribution in [3.05, 3.63) is 95.6 Å². The van der Waals surface area contributed by atoms with Crippen LogP contribution in [0.25, 0.3) is 0 Å². The van der Waals surface area contributed by atoms with Gasteiger partial charge in [-0.05, 0) is 41.5 Å². The van der Waals surface area contributed by atoms with E-state index >= 15 is 0 Å². The first-order valence-corrected chi connectivity index (χ1v) is 8.18. The smallest absolute Gasteiger partial charge is 0.123 e. The van der Waals surface area contributed by atoms with E-state index in [0.717, 1.165) is 22.5 Å². The van der Waals surface area contributed by atoms with Crippen LogP contribution in [0.15, 0.2) is 84.5 Å². The van der Waals surface area contributed by atoms with Gasteiger partial charge in [0.15, 0.2) is 0 Å². The molecule has 2 heterocycles. The van der Waals surface area contributed by atoms with Gasteiger partial charge in [0, 0.05) is 30.1 Å². The first-order chi connectivity index (χ1) is 12.7. The summed E-state index contributed by atoms with van der Waals surface area (Å²) in [6, 6.07) is 20.8. The quantitative estimate of drug-likeness (QED) is 0.742. The summed E-state index contributed by atoms with van der Waals surface area (Å²) in [5, 5.41) is 19.9. The number of nitrogens with zero attached hydrogens (tertiary/aromatic N) is 3. The number of nitrogens with two attached hydrogens (primary N) is 1. The molecule has 3 aromatic rings. The number of nitriles is 1. The van der Waals surface area contributed by atoms with Crippen molar-refractivity contribution in [3.63, 3.8) is 0 Å². The summed E-state index contributed by atoms with van der Waals surface area (Å²) in [4.78, 5) is 5.87. The standard InChI is InChI=1S/C21H16N4O/c22-13-18-20(14-8-10-24-11-9-14)17-7-6-16(26)12-19(17)25(21(18)23)15-4-2-1-3-5-15/h1-12,20,26H,23H2. The van der Waals surface area contributed by atoms with Gasteiger partial charge in [-0.3, -0.25) is 9.88 Å². The van der Waals surface area contributed by atoms with Crippen LogP contribution in [0.3, 0.4) is 0 Å². The predicted octanol–water partition coefficient (Wildman–Crippen LogP) is 3.76. The molecule has 5 nitrogen and oxygen atoms in total. The van der Waals surface area contributed by atoms with E-state index in [-0.39, 0.29) is 11.7 Å². The van der Waals surface area contributed by atoms with E-state index in [4.69, 9.17) is 5.73 Å². The Labute approximate surface area is 151 Å². The largest absolute Gasteiger partial charge is 0.508 e. The minimum absolute atomic E-state index is 0.145. The van der Waals surface area contributed by atoms with Crippen LogP contribution in [-0.2, 0) is 0 Å². The fraction of sp³-hybridized carbons (Fsp3) is 0.0476. The molecule has 1 aromatic heterocycles. The van der Waals surface area contributed by atoms with Gasteiger partial charge in [0.2, 0.25) is 0 Å². The minimum atomic E-state index is -0.307. The SMILES string of the molecule is N#CC1=C(N)N(c2ccccc2)c2cc(O)ccc2C1c1ccncc1. The number of aromatic nitrogens is 1. The first kappa shape index (κ1) is 15.7. The Bertz CT molecular complexity index is 1020. The second kappa shape index (κ2) is 6.26. The van der Waals surface area contributed by atoms with Crippen molar-refractivity contribution in [1.82, 2.24) is 4.98 Å². The molecule has 0 bridgehead atoms. The summed E-state index contributed by atoms with van der Waals surface area (Å²) in [5.74, 6) is 0.198. The van der Waals surface area contributed by atoms with Gasteiger partial charge in [0.1, 0.15) is 11.6 Å². The molecule has 0 saturated carbocycles. The number of hydrogen-bond acceptors (Lipinski definition) is 5. The molecule has 0 radical (unpaired) electrons. The number of para-hydroxylation sites is 1. The molecule has 5 heteroatoms. The second-order valence-electron chi connectivity index (χ2n) is 6.04. The van der Waals surface area contributed by atoms with E-state index in [1.165, 1.54) is 0 Å². The third-order valence-corrected chi connectivity index (χ3v) is 4.55. The molecule has 26 heavy (non-hydrogen) atoms. The monoisotopic (exact) mass is 340 g/mol. The number of pyridine rings is 1. The fourth-order valence-electron chi connectivity index (χ4n) is 3.40. The molecule has 0 spiro atoms. The minimum Gasteiger partial charge on any atom is -0.508 e. The van der Waals surface area contributed by atoms with Crippen molar-refractivity contribution in [2.45, 2.75) is 5.92 Å². The van der Waals surface area contributed by atoms with Crippen LogP contribution < -0.4 is 10.6 Å². The highest BCUT2D eigenvalue weighted by Crippen LogP contribution is 2.47. The molecule has 0 amide bonds. The molecule has 4 rings (SSSR count). The van der Waals surface area contributed by atoms with Gasteiger partial charge in [-0.1, -0.05) is 24.3 Å². The van der Waals surface area contributed by atoms with E-state index in [2.05, 4.69) is 11.1 Å². The van der Waals surface area contributed by atoms with Crippen LogP contribution in [0.2, 0.25) is 0 Å². The molecule has 1 atom stereocenters. The van der Waals surface area contributed by atoms with Crippen molar-refractivity contribution in [3.8, 4) is 11.8 Å². The number of hydrogen-bond donors (Lipinski definition) is 2. The van der Waals surface area contributed by atoms with Gasteiger partial charge in [-0.25, -0.2) is 0 Å². The number of phenols is 1. The molecule has 126 valence electrons. The normalized spacial score (nSPS) is 16.1. The summed E-state index contributed by atoms with van der Waals surface area (Å²) < 4.78 is 0. The van der Waals surface area contributed by atoms with Crippen LogP contribution in [0, 0.1) is 11.3 Å². The van der Waals surface area contributed by atoms with Crippen LogP contribution in [0.1, 0.15) is 17.0 Å². The van der Waals surface area contributed by atoms with Crippen LogP contribution >= 0.6 is 0 Å². The third kappa shape index (κ3) is 2.45. The maximum Gasteiger partial charge on any atom is 0.123 e. The lowest BCUT2D eigenvalue weighted by atomic mass is 9.82. The molecule has 0 aliphatic carbocycles. The van der Waals surface area contributed by atoms with Crippen molar-refractivity contribution in [2.75, 3.05) is 4.90 Å². The molecular formula is C21H16N4O. The third-order valence-electron chi connectivity index (χ3n) is 4.55. The second-order valence-corrected chi connectivity index (χ2v) is 6.04. The topological polar surface area (TPSA) is 86.2 Å². The molecule has 0 fully saturated rings. The van der Waals surface area contributed by atoms with Crippen LogP contribution in [0.5, 0.6) is 5.75 Å². The van der Waals surface area contributed by atoms with Gasteiger partial charge in [-0.15, -0.1) is 0 Å². The maximum atomic E-state index is 10.1. The Morgan fingerprint density at radius 2 is 1.77 bits per heavy atom. The number of anilines is 2. The highest BCUT2D eigenvalue weighted by molar-refractivity contribution is 5.78. The highest BCUT2D eigenvalue weighted by Gasteiger charge is 2.34. The number of phenolic OH excluding ortho intramolecular Hbond substituents is 1. The molecule has 2 aromatic carbocycles. The molecule has 0 saturated heterocycles. The molecule has 1 aliphatic rings. The van der Waals surface area contributed by atoms with Crippen molar-refractivity contribution in [2.24, 2.45) is 5.73 Å². The number of benzene rings is 2. The van der Waals surface area contributed by atoms with E-state index in [1.54, 1.807) is 24.5 Å². The van der Waals surface area contributed by atoms with E-state index in [0.29, 0.717) is 11.4 Å². The van der Waals surface area contributed by atoms with Gasteiger partial charge in [0.05, 0.1) is 17.3 Å². The van der Waals surface area contributed by atoms with E-state index in [9.17, 15) is 10.4 Å². The van der Waals surface area contributed by atoms with Gasteiger partial charge < -0.3 is 10.8 Å². The summed E-state index contributed by atoms with van der Waals surface area (Å²) >= 11 is 0.